The maximum atomic E-state index is 12.6. The van der Waals surface area contributed by atoms with E-state index in [0.717, 1.165) is 12.0 Å². The van der Waals surface area contributed by atoms with Gasteiger partial charge in [0.15, 0.2) is 0 Å². The lowest BCUT2D eigenvalue weighted by atomic mass is 10.1. The largest absolute Gasteiger partial charge is 0.495 e. The van der Waals surface area contributed by atoms with Crippen LogP contribution in [0, 0.1) is 0 Å². The molecule has 0 aliphatic carbocycles. The number of ether oxygens (including phenoxy) is 1. The van der Waals surface area contributed by atoms with Crippen LogP contribution in [0.4, 0.5) is 0 Å². The van der Waals surface area contributed by atoms with Crippen LogP contribution in [0.2, 0.25) is 5.02 Å². The van der Waals surface area contributed by atoms with Gasteiger partial charge in [-0.15, -0.1) is 0 Å². The maximum absolute atomic E-state index is 12.6. The van der Waals surface area contributed by atoms with Crippen molar-refractivity contribution in [2.45, 2.75) is 6.42 Å². The fourth-order valence-electron chi connectivity index (χ4n) is 2.50. The van der Waals surface area contributed by atoms with Gasteiger partial charge in [-0.3, -0.25) is 9.69 Å². The minimum absolute atomic E-state index is 0.0575. The van der Waals surface area contributed by atoms with Gasteiger partial charge in [0.05, 0.1) is 17.0 Å². The van der Waals surface area contributed by atoms with E-state index in [2.05, 4.69) is 0 Å². The monoisotopic (exact) mass is 389 g/mol. The molecule has 1 saturated heterocycles. The first-order valence-corrected chi connectivity index (χ1v) is 9.31. The van der Waals surface area contributed by atoms with Crippen LogP contribution in [0.1, 0.15) is 11.1 Å². The number of hydrogen-bond acceptors (Lipinski definition) is 4. The molecule has 1 aliphatic rings. The third-order valence-corrected chi connectivity index (χ3v) is 5.49. The van der Waals surface area contributed by atoms with Crippen LogP contribution in [0.5, 0.6) is 5.75 Å². The molecule has 0 atom stereocenters. The van der Waals surface area contributed by atoms with Crippen molar-refractivity contribution in [3.8, 4) is 5.75 Å². The number of carbonyl (C=O) groups is 1. The summed E-state index contributed by atoms with van der Waals surface area (Å²) in [5.41, 5.74) is 2.02. The highest BCUT2D eigenvalue weighted by Gasteiger charge is 2.31. The van der Waals surface area contributed by atoms with Gasteiger partial charge in [-0.2, -0.15) is 0 Å². The molecule has 0 aromatic heterocycles. The molecule has 1 aliphatic heterocycles. The molecule has 0 bridgehead atoms. The van der Waals surface area contributed by atoms with Crippen molar-refractivity contribution in [2.75, 3.05) is 13.7 Å². The standard InChI is InChI=1S/C19H16ClNO2S2/c1-23-16-8-7-14(11-15(16)20)12-17-18(22)21(19(24)25-17)10-9-13-5-3-2-4-6-13/h2-8,11-12H,9-10H2,1H3. The van der Waals surface area contributed by atoms with Crippen molar-refractivity contribution in [1.82, 2.24) is 4.90 Å². The number of rotatable bonds is 5. The van der Waals surface area contributed by atoms with Crippen molar-refractivity contribution in [3.63, 3.8) is 0 Å². The van der Waals surface area contributed by atoms with Gasteiger partial charge in [-0.25, -0.2) is 0 Å². The van der Waals surface area contributed by atoms with Crippen LogP contribution in [0.15, 0.2) is 53.4 Å². The number of thiocarbonyl (C=S) groups is 1. The van der Waals surface area contributed by atoms with Gasteiger partial charge in [0.2, 0.25) is 0 Å². The number of halogens is 1. The molecule has 0 N–H and O–H groups in total. The highest BCUT2D eigenvalue weighted by Crippen LogP contribution is 2.34. The molecule has 25 heavy (non-hydrogen) atoms. The second-order valence-corrected chi connectivity index (χ2v) is 7.55. The zero-order chi connectivity index (χ0) is 17.8. The van der Waals surface area contributed by atoms with Gasteiger partial charge >= 0.3 is 0 Å². The Morgan fingerprint density at radius 3 is 2.68 bits per heavy atom. The number of benzene rings is 2. The Bertz CT molecular complexity index is 837. The van der Waals surface area contributed by atoms with E-state index in [4.69, 9.17) is 28.6 Å². The third kappa shape index (κ3) is 4.24. The lowest BCUT2D eigenvalue weighted by Gasteiger charge is -2.14. The van der Waals surface area contributed by atoms with E-state index >= 15 is 0 Å². The van der Waals surface area contributed by atoms with Gasteiger partial charge in [-0.05, 0) is 35.8 Å². The molecule has 0 spiro atoms. The third-order valence-electron chi connectivity index (χ3n) is 3.81. The second kappa shape index (κ2) is 8.04. The Balaban J connectivity index is 1.73. The lowest BCUT2D eigenvalue weighted by Crippen LogP contribution is -2.30. The molecule has 1 amide bonds. The average molecular weight is 390 g/mol. The van der Waals surface area contributed by atoms with Gasteiger partial charge in [0, 0.05) is 6.54 Å². The summed E-state index contributed by atoms with van der Waals surface area (Å²) in [5.74, 6) is 0.548. The smallest absolute Gasteiger partial charge is 0.266 e. The van der Waals surface area contributed by atoms with Crippen molar-refractivity contribution in [3.05, 3.63) is 69.6 Å². The number of nitrogens with zero attached hydrogens (tertiary/aromatic N) is 1. The molecule has 128 valence electrons. The molecule has 0 saturated carbocycles. The average Bonchev–Trinajstić information content (AvgIpc) is 2.87. The van der Waals surface area contributed by atoms with Gasteiger partial charge in [0.1, 0.15) is 10.1 Å². The van der Waals surface area contributed by atoms with Crippen LogP contribution in [0.25, 0.3) is 6.08 Å². The van der Waals surface area contributed by atoms with Crippen LogP contribution in [-0.4, -0.2) is 28.8 Å². The predicted molar refractivity (Wildman–Crippen MR) is 108 cm³/mol. The van der Waals surface area contributed by atoms with E-state index in [1.807, 2.05) is 42.5 Å². The zero-order valence-corrected chi connectivity index (χ0v) is 16.0. The van der Waals surface area contributed by atoms with E-state index in [1.54, 1.807) is 24.1 Å². The van der Waals surface area contributed by atoms with Gasteiger partial charge in [0.25, 0.3) is 5.91 Å². The first-order chi connectivity index (χ1) is 12.1. The van der Waals surface area contributed by atoms with Crippen LogP contribution >= 0.6 is 35.6 Å². The molecule has 3 nitrogen and oxygen atoms in total. The van der Waals surface area contributed by atoms with Crippen molar-refractivity contribution < 1.29 is 9.53 Å². The molecule has 0 radical (unpaired) electrons. The Labute approximate surface area is 161 Å². The zero-order valence-electron chi connectivity index (χ0n) is 13.6. The SMILES string of the molecule is COc1ccc(C=C2SC(=S)N(CCc3ccccc3)C2=O)cc1Cl. The van der Waals surface area contributed by atoms with Crippen LogP contribution in [-0.2, 0) is 11.2 Å². The molecule has 1 heterocycles. The van der Waals surface area contributed by atoms with E-state index in [9.17, 15) is 4.79 Å². The van der Waals surface area contributed by atoms with Crippen molar-refractivity contribution >= 4 is 51.9 Å². The molecular formula is C19H16ClNO2S2. The van der Waals surface area contributed by atoms with E-state index in [1.165, 1.54) is 17.3 Å². The van der Waals surface area contributed by atoms with Crippen LogP contribution in [0.3, 0.4) is 0 Å². The summed E-state index contributed by atoms with van der Waals surface area (Å²) in [7, 11) is 1.57. The molecule has 6 heteroatoms. The summed E-state index contributed by atoms with van der Waals surface area (Å²) in [6, 6.07) is 15.5. The van der Waals surface area contributed by atoms with Gasteiger partial charge in [-0.1, -0.05) is 72.0 Å². The number of carbonyl (C=O) groups excluding carboxylic acids is 1. The van der Waals surface area contributed by atoms with Crippen LogP contribution < -0.4 is 4.74 Å². The minimum atomic E-state index is -0.0575. The molecule has 0 unspecified atom stereocenters. The predicted octanol–water partition coefficient (Wildman–Crippen LogP) is 4.79. The number of methoxy groups -OCH3 is 1. The fraction of sp³-hybridized carbons (Fsp3) is 0.158. The Kier molecular flexibility index (Phi) is 5.78. The van der Waals surface area contributed by atoms with E-state index in [-0.39, 0.29) is 5.91 Å². The quantitative estimate of drug-likeness (QED) is 0.543. The minimum Gasteiger partial charge on any atom is -0.495 e. The second-order valence-electron chi connectivity index (χ2n) is 5.46. The Morgan fingerprint density at radius 2 is 2.00 bits per heavy atom. The van der Waals surface area contributed by atoms with Crippen molar-refractivity contribution in [1.29, 1.82) is 0 Å². The summed E-state index contributed by atoms with van der Waals surface area (Å²) in [6.45, 7) is 0.579. The highest BCUT2D eigenvalue weighted by atomic mass is 35.5. The Hall–Kier alpha value is -1.82. The first kappa shape index (κ1) is 18.0. The number of thioether (sulfide) groups is 1. The summed E-state index contributed by atoms with van der Waals surface area (Å²) in [6.07, 6.45) is 2.59. The lowest BCUT2D eigenvalue weighted by molar-refractivity contribution is -0.122. The molecule has 2 aromatic rings. The summed E-state index contributed by atoms with van der Waals surface area (Å²) in [4.78, 5) is 14.9. The fourth-order valence-corrected chi connectivity index (χ4v) is 4.08. The Morgan fingerprint density at radius 1 is 1.24 bits per heavy atom. The summed E-state index contributed by atoms with van der Waals surface area (Å²) in [5, 5.41) is 0.510. The number of hydrogen-bond donors (Lipinski definition) is 0. The molecule has 3 rings (SSSR count). The molecule has 2 aromatic carbocycles. The molecular weight excluding hydrogens is 374 g/mol. The first-order valence-electron chi connectivity index (χ1n) is 7.71. The maximum Gasteiger partial charge on any atom is 0.266 e. The molecule has 1 fully saturated rings. The van der Waals surface area contributed by atoms with Gasteiger partial charge < -0.3 is 4.74 Å². The van der Waals surface area contributed by atoms with Crippen molar-refractivity contribution in [2.24, 2.45) is 0 Å². The summed E-state index contributed by atoms with van der Waals surface area (Å²) >= 11 is 12.8. The van der Waals surface area contributed by atoms with E-state index in [0.29, 0.717) is 26.5 Å². The highest BCUT2D eigenvalue weighted by molar-refractivity contribution is 8.26. The normalized spacial score (nSPS) is 15.9. The topological polar surface area (TPSA) is 29.5 Å². The summed E-state index contributed by atoms with van der Waals surface area (Å²) < 4.78 is 5.73. The van der Waals surface area contributed by atoms with E-state index < -0.39 is 0 Å². The number of amides is 1.